The third kappa shape index (κ3) is 7.07. The fourth-order valence-corrected chi connectivity index (χ4v) is 6.26. The van der Waals surface area contributed by atoms with Gasteiger partial charge in [0, 0.05) is 63.5 Å². The molecule has 9 nitrogen and oxygen atoms in total. The molecule has 0 radical (unpaired) electrons. The van der Waals surface area contributed by atoms with Crippen LogP contribution in [0.4, 0.5) is 15.9 Å². The molecule has 42 heavy (non-hydrogen) atoms. The largest absolute Gasteiger partial charge is 0.492 e. The first-order chi connectivity index (χ1) is 20.3. The molecule has 12 heteroatoms. The molecule has 222 valence electrons. The minimum Gasteiger partial charge on any atom is -0.492 e. The van der Waals surface area contributed by atoms with E-state index in [9.17, 15) is 14.0 Å². The van der Waals surface area contributed by atoms with Crippen molar-refractivity contribution in [2.45, 2.75) is 25.0 Å². The Morgan fingerprint density at radius 3 is 2.50 bits per heavy atom. The Hall–Kier alpha value is -3.57. The van der Waals surface area contributed by atoms with Crippen molar-refractivity contribution in [1.82, 2.24) is 19.8 Å². The Kier molecular flexibility index (Phi) is 9.69. The maximum Gasteiger partial charge on any atom is 0.254 e. The van der Waals surface area contributed by atoms with Gasteiger partial charge in [-0.3, -0.25) is 9.59 Å². The van der Waals surface area contributed by atoms with Gasteiger partial charge in [-0.1, -0.05) is 41.6 Å². The van der Waals surface area contributed by atoms with E-state index in [1.807, 2.05) is 36.9 Å². The molecule has 2 aromatic carbocycles. The molecule has 0 saturated carbocycles. The zero-order valence-corrected chi connectivity index (χ0v) is 25.3. The summed E-state index contributed by atoms with van der Waals surface area (Å²) in [5.41, 5.74) is 1.38. The second-order valence-electron chi connectivity index (χ2n) is 10.2. The van der Waals surface area contributed by atoms with Crippen LogP contribution < -0.4 is 14.5 Å². The van der Waals surface area contributed by atoms with Crippen LogP contribution in [-0.2, 0) is 4.79 Å². The van der Waals surface area contributed by atoms with E-state index >= 15 is 0 Å². The summed E-state index contributed by atoms with van der Waals surface area (Å²) in [6.45, 7) is 8.76. The number of para-hydroxylation sites is 2. The van der Waals surface area contributed by atoms with E-state index in [4.69, 9.17) is 16.3 Å². The van der Waals surface area contributed by atoms with E-state index in [1.165, 1.54) is 23.9 Å². The SMILES string of the molecule is CCOc1ccccc1N1CCN(C(=O)CSc2nc(Cl)cc(N3CCN(C(=O)c4cccc(F)c4)C(C)C3)n2)CC1. The van der Waals surface area contributed by atoms with Crippen molar-refractivity contribution in [3.8, 4) is 5.75 Å². The Morgan fingerprint density at radius 1 is 1.00 bits per heavy atom. The maximum absolute atomic E-state index is 13.6. The second kappa shape index (κ2) is 13.6. The molecule has 1 atom stereocenters. The molecule has 3 aromatic rings. The van der Waals surface area contributed by atoms with E-state index in [1.54, 1.807) is 23.1 Å². The van der Waals surface area contributed by atoms with Crippen molar-refractivity contribution in [3.63, 3.8) is 0 Å². The van der Waals surface area contributed by atoms with Crippen molar-refractivity contribution in [2.75, 3.05) is 68.0 Å². The summed E-state index contributed by atoms with van der Waals surface area (Å²) in [5.74, 6) is 1.12. The van der Waals surface area contributed by atoms with E-state index in [0.29, 0.717) is 61.0 Å². The Labute approximate surface area is 254 Å². The number of piperazine rings is 2. The highest BCUT2D eigenvalue weighted by atomic mass is 35.5. The molecule has 5 rings (SSSR count). The number of halogens is 2. The third-order valence-electron chi connectivity index (χ3n) is 7.41. The zero-order valence-electron chi connectivity index (χ0n) is 23.7. The fourth-order valence-electron chi connectivity index (χ4n) is 5.28. The highest BCUT2D eigenvalue weighted by molar-refractivity contribution is 7.99. The smallest absolute Gasteiger partial charge is 0.254 e. The van der Waals surface area contributed by atoms with Crippen molar-refractivity contribution >= 4 is 46.7 Å². The number of hydrogen-bond donors (Lipinski definition) is 0. The van der Waals surface area contributed by atoms with Gasteiger partial charge in [-0.2, -0.15) is 0 Å². The number of nitrogens with zero attached hydrogens (tertiary/aromatic N) is 6. The standard InChI is InChI=1S/C30H34ClFN6O3S/c1-3-41-25-10-5-4-9-24(25)35-11-13-36(14-12-35)28(39)20-42-30-33-26(31)18-27(34-30)37-15-16-38(21(2)19-37)29(40)22-7-6-8-23(32)17-22/h4-10,17-18,21H,3,11-16,19-20H2,1-2H3. The molecule has 0 spiro atoms. The lowest BCUT2D eigenvalue weighted by Crippen LogP contribution is -2.54. The molecule has 2 amide bonds. The minimum atomic E-state index is -0.433. The number of ether oxygens (including phenoxy) is 1. The van der Waals surface area contributed by atoms with Crippen LogP contribution in [0.5, 0.6) is 5.75 Å². The summed E-state index contributed by atoms with van der Waals surface area (Å²) < 4.78 is 19.4. The first-order valence-electron chi connectivity index (χ1n) is 14.1. The predicted molar refractivity (Wildman–Crippen MR) is 163 cm³/mol. The number of benzene rings is 2. The number of aromatic nitrogens is 2. The van der Waals surface area contributed by atoms with E-state index in [-0.39, 0.29) is 23.6 Å². The van der Waals surface area contributed by atoms with Crippen LogP contribution in [0.2, 0.25) is 5.15 Å². The van der Waals surface area contributed by atoms with Gasteiger partial charge in [0.2, 0.25) is 5.91 Å². The molecule has 0 aliphatic carbocycles. The first kappa shape index (κ1) is 29.9. The predicted octanol–water partition coefficient (Wildman–Crippen LogP) is 4.46. The van der Waals surface area contributed by atoms with Crippen LogP contribution in [-0.4, -0.2) is 95.8 Å². The van der Waals surface area contributed by atoms with E-state index < -0.39 is 5.82 Å². The Bertz CT molecular complexity index is 1420. The lowest BCUT2D eigenvalue weighted by Gasteiger charge is -2.40. The number of amides is 2. The number of rotatable bonds is 8. The van der Waals surface area contributed by atoms with Gasteiger partial charge in [0.15, 0.2) is 5.16 Å². The Balaban J connectivity index is 1.15. The lowest BCUT2D eigenvalue weighted by molar-refractivity contribution is -0.128. The molecule has 2 aliphatic heterocycles. The summed E-state index contributed by atoms with van der Waals surface area (Å²) in [7, 11) is 0. The van der Waals surface area contributed by atoms with Crippen molar-refractivity contribution in [3.05, 3.63) is 71.1 Å². The van der Waals surface area contributed by atoms with Crippen LogP contribution in [0.15, 0.2) is 59.8 Å². The minimum absolute atomic E-state index is 0.0287. The third-order valence-corrected chi connectivity index (χ3v) is 8.43. The summed E-state index contributed by atoms with van der Waals surface area (Å²) >= 11 is 7.62. The zero-order chi connectivity index (χ0) is 29.6. The molecule has 2 saturated heterocycles. The van der Waals surface area contributed by atoms with Crippen LogP contribution in [0, 0.1) is 5.82 Å². The average Bonchev–Trinajstić information content (AvgIpc) is 3.00. The van der Waals surface area contributed by atoms with E-state index in [2.05, 4.69) is 25.8 Å². The Morgan fingerprint density at radius 2 is 1.76 bits per heavy atom. The van der Waals surface area contributed by atoms with Crippen LogP contribution in [0.3, 0.4) is 0 Å². The molecule has 3 heterocycles. The van der Waals surface area contributed by atoms with Crippen molar-refractivity contribution in [1.29, 1.82) is 0 Å². The number of carbonyl (C=O) groups excluding carboxylic acids is 2. The molecule has 0 N–H and O–H groups in total. The van der Waals surface area contributed by atoms with Gasteiger partial charge < -0.3 is 24.3 Å². The summed E-state index contributed by atoms with van der Waals surface area (Å²) in [5, 5.41) is 0.725. The van der Waals surface area contributed by atoms with Gasteiger partial charge >= 0.3 is 0 Å². The summed E-state index contributed by atoms with van der Waals surface area (Å²) in [6.07, 6.45) is 0. The molecule has 1 unspecified atom stereocenters. The molecule has 1 aromatic heterocycles. The number of anilines is 2. The molecule has 0 bridgehead atoms. The topological polar surface area (TPSA) is 82.1 Å². The number of hydrogen-bond acceptors (Lipinski definition) is 8. The highest BCUT2D eigenvalue weighted by Crippen LogP contribution is 2.29. The van der Waals surface area contributed by atoms with Gasteiger partial charge in [-0.15, -0.1) is 0 Å². The highest BCUT2D eigenvalue weighted by Gasteiger charge is 2.30. The molecule has 2 fully saturated rings. The maximum atomic E-state index is 13.6. The van der Waals surface area contributed by atoms with E-state index in [0.717, 1.165) is 24.5 Å². The summed E-state index contributed by atoms with van der Waals surface area (Å²) in [4.78, 5) is 42.9. The number of thioether (sulfide) groups is 1. The average molecular weight is 613 g/mol. The van der Waals surface area contributed by atoms with Crippen LogP contribution >= 0.6 is 23.4 Å². The van der Waals surface area contributed by atoms with Gasteiger partial charge in [0.25, 0.3) is 5.91 Å². The van der Waals surface area contributed by atoms with Crippen molar-refractivity contribution in [2.24, 2.45) is 0 Å². The monoisotopic (exact) mass is 612 g/mol. The lowest BCUT2D eigenvalue weighted by atomic mass is 10.1. The molecular weight excluding hydrogens is 579 g/mol. The van der Waals surface area contributed by atoms with Crippen LogP contribution in [0.25, 0.3) is 0 Å². The van der Waals surface area contributed by atoms with Gasteiger partial charge in [-0.05, 0) is 44.2 Å². The first-order valence-corrected chi connectivity index (χ1v) is 15.4. The molecule has 2 aliphatic rings. The second-order valence-corrected chi connectivity index (χ2v) is 11.5. The quantitative estimate of drug-likeness (QED) is 0.210. The summed E-state index contributed by atoms with van der Waals surface area (Å²) in [6, 6.07) is 15.3. The number of carbonyl (C=O) groups is 2. The normalized spacial score (nSPS) is 17.4. The van der Waals surface area contributed by atoms with Crippen LogP contribution in [0.1, 0.15) is 24.2 Å². The molecular formula is C30H34ClFN6O3S. The van der Waals surface area contributed by atoms with Crippen molar-refractivity contribution < 1.29 is 18.7 Å². The van der Waals surface area contributed by atoms with Gasteiger partial charge in [0.05, 0.1) is 18.0 Å². The fraction of sp³-hybridized carbons (Fsp3) is 0.400. The van der Waals surface area contributed by atoms with Gasteiger partial charge in [-0.25, -0.2) is 14.4 Å². The van der Waals surface area contributed by atoms with Gasteiger partial charge in [0.1, 0.15) is 22.5 Å².